The Morgan fingerprint density at radius 2 is 1.64 bits per heavy atom. The Balaban J connectivity index is 2.05. The van der Waals surface area contributed by atoms with Gasteiger partial charge in [0, 0.05) is 11.3 Å². The monoisotopic (exact) mass is 398 g/mol. The van der Waals surface area contributed by atoms with Crippen LogP contribution in [0.25, 0.3) is 0 Å². The zero-order valence-corrected chi connectivity index (χ0v) is 15.1. The molecule has 0 aliphatic heterocycles. The van der Waals surface area contributed by atoms with Crippen LogP contribution in [-0.2, 0) is 0 Å². The maximum absolute atomic E-state index is 12.2. The van der Waals surface area contributed by atoms with Crippen molar-refractivity contribution >= 4 is 58.1 Å². The summed E-state index contributed by atoms with van der Waals surface area (Å²) in [7, 11) is 1.42. The molecule has 1 amide bonds. The lowest BCUT2D eigenvalue weighted by atomic mass is 10.2. The van der Waals surface area contributed by atoms with Crippen LogP contribution in [0.1, 0.15) is 20.7 Å². The summed E-state index contributed by atoms with van der Waals surface area (Å²) >= 11 is 17.1. The number of carbonyl (C=O) groups is 2. The summed E-state index contributed by atoms with van der Waals surface area (Å²) in [6, 6.07) is 8.71. The van der Waals surface area contributed by atoms with E-state index in [0.29, 0.717) is 5.69 Å². The second-order valence-electron chi connectivity index (χ2n) is 4.76. The summed E-state index contributed by atoms with van der Waals surface area (Å²) < 4.78 is 5.02. The lowest BCUT2D eigenvalue weighted by Crippen LogP contribution is -2.34. The molecule has 0 spiro atoms. The van der Waals surface area contributed by atoms with Crippen molar-refractivity contribution in [1.29, 1.82) is 0 Å². The summed E-state index contributed by atoms with van der Waals surface area (Å²) in [4.78, 5) is 23.0. The van der Waals surface area contributed by atoms with E-state index in [-0.39, 0.29) is 32.0 Å². The van der Waals surface area contributed by atoms with Crippen molar-refractivity contribution in [3.63, 3.8) is 0 Å². The molecule has 0 atom stereocenters. The van der Waals surface area contributed by atoms with Crippen LogP contribution in [0.4, 0.5) is 5.69 Å². The number of benzene rings is 2. The third kappa shape index (κ3) is 4.82. The minimum absolute atomic E-state index is 0.0381. The van der Waals surface area contributed by atoms with E-state index in [1.54, 1.807) is 0 Å². The Kier molecular flexibility index (Phi) is 6.19. The van der Waals surface area contributed by atoms with Crippen LogP contribution in [0.3, 0.4) is 0 Å². The number of carbonyl (C=O) groups excluding carboxylic acids is 1. The van der Waals surface area contributed by atoms with Crippen molar-refractivity contribution in [2.24, 2.45) is 0 Å². The van der Waals surface area contributed by atoms with Crippen LogP contribution in [0.2, 0.25) is 10.0 Å². The highest BCUT2D eigenvalue weighted by molar-refractivity contribution is 7.80. The van der Waals surface area contributed by atoms with Gasteiger partial charge in [-0.2, -0.15) is 0 Å². The van der Waals surface area contributed by atoms with Gasteiger partial charge in [-0.1, -0.05) is 23.2 Å². The quantitative estimate of drug-likeness (QED) is 0.678. The molecule has 0 bridgehead atoms. The molecule has 0 unspecified atom stereocenters. The fourth-order valence-electron chi connectivity index (χ4n) is 1.92. The highest BCUT2D eigenvalue weighted by Crippen LogP contribution is 2.33. The van der Waals surface area contributed by atoms with Crippen LogP contribution >= 0.6 is 35.4 Å². The average molecular weight is 399 g/mol. The number of carboxylic acid groups (broad SMARTS) is 1. The molecule has 0 aliphatic rings. The van der Waals surface area contributed by atoms with Gasteiger partial charge in [-0.25, -0.2) is 4.79 Å². The Hall–Kier alpha value is -2.35. The number of hydrogen-bond donors (Lipinski definition) is 3. The van der Waals surface area contributed by atoms with Crippen molar-refractivity contribution in [3.8, 4) is 5.75 Å². The summed E-state index contributed by atoms with van der Waals surface area (Å²) in [6.07, 6.45) is 0. The molecule has 0 aliphatic carbocycles. The van der Waals surface area contributed by atoms with Gasteiger partial charge in [0.15, 0.2) is 10.9 Å². The molecule has 0 saturated heterocycles. The van der Waals surface area contributed by atoms with E-state index < -0.39 is 11.9 Å². The van der Waals surface area contributed by atoms with Gasteiger partial charge in [0.05, 0.1) is 22.7 Å². The molecule has 0 radical (unpaired) electrons. The number of ether oxygens (including phenoxy) is 1. The number of nitrogens with one attached hydrogen (secondary N) is 2. The standard InChI is InChI=1S/C16H12Cl2N2O4S/c1-24-13-11(17)6-9(7-12(13)18)14(21)20-16(25)19-10-4-2-8(3-5-10)15(22)23/h2-7H,1H3,(H,22,23)(H2,19,20,21,25). The third-order valence-corrected chi connectivity index (χ3v) is 3.85. The molecule has 6 nitrogen and oxygen atoms in total. The van der Waals surface area contributed by atoms with Crippen molar-refractivity contribution in [3.05, 3.63) is 57.6 Å². The van der Waals surface area contributed by atoms with Crippen LogP contribution in [0.15, 0.2) is 36.4 Å². The summed E-state index contributed by atoms with van der Waals surface area (Å²) in [5.41, 5.74) is 0.880. The van der Waals surface area contributed by atoms with Gasteiger partial charge in [-0.15, -0.1) is 0 Å². The van der Waals surface area contributed by atoms with Crippen LogP contribution < -0.4 is 15.4 Å². The van der Waals surface area contributed by atoms with E-state index in [1.807, 2.05) is 0 Å². The van der Waals surface area contributed by atoms with E-state index in [9.17, 15) is 9.59 Å². The smallest absolute Gasteiger partial charge is 0.335 e. The minimum atomic E-state index is -1.03. The average Bonchev–Trinajstić information content (AvgIpc) is 2.54. The third-order valence-electron chi connectivity index (χ3n) is 3.08. The van der Waals surface area contributed by atoms with Gasteiger partial charge in [-0.05, 0) is 48.6 Å². The largest absolute Gasteiger partial charge is 0.494 e. The molecular weight excluding hydrogens is 387 g/mol. The molecule has 0 saturated carbocycles. The van der Waals surface area contributed by atoms with Gasteiger partial charge < -0.3 is 15.2 Å². The number of hydrogen-bond acceptors (Lipinski definition) is 4. The summed E-state index contributed by atoms with van der Waals surface area (Å²) in [5, 5.41) is 14.5. The highest BCUT2D eigenvalue weighted by Gasteiger charge is 2.14. The maximum atomic E-state index is 12.2. The molecule has 2 rings (SSSR count). The zero-order chi connectivity index (χ0) is 18.6. The minimum Gasteiger partial charge on any atom is -0.494 e. The molecule has 0 aromatic heterocycles. The van der Waals surface area contributed by atoms with E-state index in [1.165, 1.54) is 43.5 Å². The van der Waals surface area contributed by atoms with E-state index in [0.717, 1.165) is 0 Å². The predicted octanol–water partition coefficient (Wildman–Crippen LogP) is 3.83. The SMILES string of the molecule is COc1c(Cl)cc(C(=O)NC(=S)Nc2ccc(C(=O)O)cc2)cc1Cl. The number of rotatable bonds is 4. The number of carboxylic acids is 1. The second kappa shape index (κ2) is 8.15. The molecular formula is C16H12Cl2N2O4S. The van der Waals surface area contributed by atoms with Gasteiger partial charge in [0.25, 0.3) is 5.91 Å². The Bertz CT molecular complexity index is 818. The summed E-state index contributed by atoms with van der Waals surface area (Å²) in [5.74, 6) is -1.26. The lowest BCUT2D eigenvalue weighted by Gasteiger charge is -2.11. The maximum Gasteiger partial charge on any atom is 0.335 e. The molecule has 3 N–H and O–H groups in total. The first kappa shape index (κ1) is 19.0. The van der Waals surface area contributed by atoms with E-state index in [2.05, 4.69) is 10.6 Å². The van der Waals surface area contributed by atoms with Crippen molar-refractivity contribution in [1.82, 2.24) is 5.32 Å². The van der Waals surface area contributed by atoms with Crippen molar-refractivity contribution in [2.75, 3.05) is 12.4 Å². The second-order valence-corrected chi connectivity index (χ2v) is 5.99. The number of amides is 1. The van der Waals surface area contributed by atoms with Gasteiger partial charge in [0.2, 0.25) is 0 Å². The summed E-state index contributed by atoms with van der Waals surface area (Å²) in [6.45, 7) is 0. The number of aromatic carboxylic acids is 1. The van der Waals surface area contributed by atoms with E-state index in [4.69, 9.17) is 45.3 Å². The molecule has 0 fully saturated rings. The lowest BCUT2D eigenvalue weighted by molar-refractivity contribution is 0.0696. The van der Waals surface area contributed by atoms with Crippen molar-refractivity contribution in [2.45, 2.75) is 0 Å². The highest BCUT2D eigenvalue weighted by atomic mass is 35.5. The first-order valence-corrected chi connectivity index (χ1v) is 7.97. The van der Waals surface area contributed by atoms with Crippen molar-refractivity contribution < 1.29 is 19.4 Å². The van der Waals surface area contributed by atoms with Crippen LogP contribution in [0, 0.1) is 0 Å². The fourth-order valence-corrected chi connectivity index (χ4v) is 2.77. The molecule has 2 aromatic carbocycles. The fraction of sp³-hybridized carbons (Fsp3) is 0.0625. The Morgan fingerprint density at radius 3 is 2.12 bits per heavy atom. The number of anilines is 1. The number of methoxy groups -OCH3 is 1. The Morgan fingerprint density at radius 1 is 1.08 bits per heavy atom. The zero-order valence-electron chi connectivity index (χ0n) is 12.8. The molecule has 25 heavy (non-hydrogen) atoms. The first-order chi connectivity index (χ1) is 11.8. The van der Waals surface area contributed by atoms with Gasteiger partial charge in [-0.3, -0.25) is 10.1 Å². The predicted molar refractivity (Wildman–Crippen MR) is 100 cm³/mol. The van der Waals surface area contributed by atoms with E-state index >= 15 is 0 Å². The molecule has 9 heteroatoms. The number of halogens is 2. The van der Waals surface area contributed by atoms with Crippen LogP contribution in [0.5, 0.6) is 5.75 Å². The van der Waals surface area contributed by atoms with Gasteiger partial charge >= 0.3 is 5.97 Å². The normalized spacial score (nSPS) is 10.0. The molecule has 0 heterocycles. The number of thiocarbonyl (C=S) groups is 1. The topological polar surface area (TPSA) is 87.7 Å². The first-order valence-electron chi connectivity index (χ1n) is 6.80. The van der Waals surface area contributed by atoms with Gasteiger partial charge in [0.1, 0.15) is 0 Å². The molecule has 130 valence electrons. The Labute approximate surface area is 158 Å². The molecule has 2 aromatic rings. The van der Waals surface area contributed by atoms with Crippen LogP contribution in [-0.4, -0.2) is 29.2 Å².